The van der Waals surface area contributed by atoms with Gasteiger partial charge >= 0.3 is 5.97 Å². The minimum absolute atomic E-state index is 0.149. The fourth-order valence-corrected chi connectivity index (χ4v) is 2.80. The van der Waals surface area contributed by atoms with Gasteiger partial charge in [-0.15, -0.1) is 0 Å². The summed E-state index contributed by atoms with van der Waals surface area (Å²) in [5, 5.41) is 19.2. The van der Waals surface area contributed by atoms with Gasteiger partial charge in [0.15, 0.2) is 0 Å². The van der Waals surface area contributed by atoms with Crippen LogP contribution in [0.2, 0.25) is 10.0 Å². The second-order valence-corrected chi connectivity index (χ2v) is 6.30. The molecule has 1 aliphatic rings. The van der Waals surface area contributed by atoms with Crippen molar-refractivity contribution in [2.24, 2.45) is 17.3 Å². The van der Waals surface area contributed by atoms with Gasteiger partial charge in [-0.25, -0.2) is 0 Å². The molecule has 20 heavy (non-hydrogen) atoms. The molecular weight excluding hydrogens is 297 g/mol. The summed E-state index contributed by atoms with van der Waals surface area (Å²) < 4.78 is 0. The van der Waals surface area contributed by atoms with Crippen molar-refractivity contribution in [2.45, 2.75) is 13.8 Å². The first-order valence-corrected chi connectivity index (χ1v) is 6.84. The third kappa shape index (κ3) is 2.54. The van der Waals surface area contributed by atoms with Crippen LogP contribution in [0.5, 0.6) is 0 Å². The molecule has 2 rings (SSSR count). The Morgan fingerprint density at radius 3 is 2.50 bits per heavy atom. The summed E-state index contributed by atoms with van der Waals surface area (Å²) in [6, 6.07) is 7.04. The Balaban J connectivity index is 2.35. The van der Waals surface area contributed by atoms with Crippen molar-refractivity contribution in [3.63, 3.8) is 0 Å². The van der Waals surface area contributed by atoms with Gasteiger partial charge in [0, 0.05) is 0 Å². The second-order valence-electron chi connectivity index (χ2n) is 5.48. The Hall–Kier alpha value is -1.50. The lowest BCUT2D eigenvalue weighted by atomic mass is 10.0. The first kappa shape index (κ1) is 14.9. The Bertz CT molecular complexity index is 644. The van der Waals surface area contributed by atoms with Crippen molar-refractivity contribution in [3.05, 3.63) is 39.9 Å². The zero-order chi connectivity index (χ0) is 15.1. The predicted octanol–water partition coefficient (Wildman–Crippen LogP) is 4.26. The smallest absolute Gasteiger partial charge is 0.307 e. The largest absolute Gasteiger partial charge is 0.481 e. The lowest BCUT2D eigenvalue weighted by molar-refractivity contribution is -0.139. The number of carboxylic acid groups (broad SMARTS) is 1. The van der Waals surface area contributed by atoms with E-state index in [1.54, 1.807) is 24.3 Å². The molecule has 104 valence electrons. The molecule has 1 fully saturated rings. The Morgan fingerprint density at radius 1 is 1.40 bits per heavy atom. The maximum absolute atomic E-state index is 11.1. The molecule has 1 aromatic carbocycles. The first-order valence-electron chi connectivity index (χ1n) is 6.09. The summed E-state index contributed by atoms with van der Waals surface area (Å²) in [4.78, 5) is 11.1. The summed E-state index contributed by atoms with van der Waals surface area (Å²) in [6.45, 7) is 3.77. The SMILES string of the molecule is CC1(C)C(C=C(C#N)c2ccc(Cl)c(Cl)c2)C1C(=O)O. The lowest BCUT2D eigenvalue weighted by Crippen LogP contribution is -2.03. The van der Waals surface area contributed by atoms with Crippen LogP contribution in [0, 0.1) is 28.6 Å². The third-order valence-electron chi connectivity index (χ3n) is 3.87. The van der Waals surface area contributed by atoms with Crippen LogP contribution in [0.4, 0.5) is 0 Å². The quantitative estimate of drug-likeness (QED) is 0.849. The van der Waals surface area contributed by atoms with Gasteiger partial charge in [-0.05, 0) is 29.0 Å². The molecule has 0 spiro atoms. The van der Waals surface area contributed by atoms with E-state index in [9.17, 15) is 10.1 Å². The third-order valence-corrected chi connectivity index (χ3v) is 4.61. The molecule has 0 radical (unpaired) electrons. The molecule has 0 saturated heterocycles. The number of benzene rings is 1. The number of hydrogen-bond donors (Lipinski definition) is 1. The summed E-state index contributed by atoms with van der Waals surface area (Å²) in [7, 11) is 0. The van der Waals surface area contributed by atoms with E-state index in [-0.39, 0.29) is 11.3 Å². The van der Waals surface area contributed by atoms with E-state index in [1.807, 2.05) is 13.8 Å². The minimum Gasteiger partial charge on any atom is -0.481 e. The highest BCUT2D eigenvalue weighted by Gasteiger charge is 2.61. The Morgan fingerprint density at radius 2 is 2.05 bits per heavy atom. The predicted molar refractivity (Wildman–Crippen MR) is 78.4 cm³/mol. The molecule has 5 heteroatoms. The molecule has 0 bridgehead atoms. The van der Waals surface area contributed by atoms with Crippen LogP contribution >= 0.6 is 23.2 Å². The number of halogens is 2. The summed E-state index contributed by atoms with van der Waals surface area (Å²) >= 11 is 11.8. The molecule has 0 aromatic heterocycles. The minimum atomic E-state index is -0.831. The standard InChI is InChI=1S/C15H13Cl2NO2/c1-15(2)10(13(15)14(19)20)5-9(7-18)8-3-4-11(16)12(17)6-8/h3-6,10,13H,1-2H3,(H,19,20). The van der Waals surface area contributed by atoms with Crippen molar-refractivity contribution in [3.8, 4) is 6.07 Å². The van der Waals surface area contributed by atoms with Gasteiger partial charge < -0.3 is 5.11 Å². The van der Waals surface area contributed by atoms with Crippen LogP contribution in [0.25, 0.3) is 5.57 Å². The van der Waals surface area contributed by atoms with Gasteiger partial charge in [0.1, 0.15) is 0 Å². The number of allylic oxidation sites excluding steroid dienone is 2. The van der Waals surface area contributed by atoms with Gasteiger partial charge in [-0.2, -0.15) is 5.26 Å². The fraction of sp³-hybridized carbons (Fsp3) is 0.333. The van der Waals surface area contributed by atoms with E-state index in [2.05, 4.69) is 6.07 Å². The van der Waals surface area contributed by atoms with E-state index in [4.69, 9.17) is 28.3 Å². The van der Waals surface area contributed by atoms with Gasteiger partial charge in [0.25, 0.3) is 0 Å². The maximum Gasteiger partial charge on any atom is 0.307 e. The molecule has 0 amide bonds. The molecule has 1 aromatic rings. The van der Waals surface area contributed by atoms with Crippen LogP contribution < -0.4 is 0 Å². The van der Waals surface area contributed by atoms with E-state index in [0.29, 0.717) is 21.2 Å². The molecule has 2 unspecified atom stereocenters. The topological polar surface area (TPSA) is 61.1 Å². The molecular formula is C15H13Cl2NO2. The second kappa shape index (κ2) is 5.12. The van der Waals surface area contributed by atoms with E-state index < -0.39 is 11.9 Å². The number of nitriles is 1. The van der Waals surface area contributed by atoms with Gasteiger partial charge in [0.05, 0.1) is 27.6 Å². The fourth-order valence-electron chi connectivity index (χ4n) is 2.50. The zero-order valence-corrected chi connectivity index (χ0v) is 12.5. The van der Waals surface area contributed by atoms with Crippen LogP contribution in [0.1, 0.15) is 19.4 Å². The van der Waals surface area contributed by atoms with Crippen molar-refractivity contribution in [2.75, 3.05) is 0 Å². The number of carbonyl (C=O) groups is 1. The average molecular weight is 310 g/mol. The first-order chi connectivity index (χ1) is 9.28. The number of nitrogens with zero attached hydrogens (tertiary/aromatic N) is 1. The van der Waals surface area contributed by atoms with E-state index in [1.165, 1.54) is 0 Å². The highest BCUT2D eigenvalue weighted by atomic mass is 35.5. The summed E-state index contributed by atoms with van der Waals surface area (Å²) in [5.74, 6) is -1.43. The maximum atomic E-state index is 11.1. The van der Waals surface area contributed by atoms with Crippen molar-refractivity contribution >= 4 is 34.7 Å². The summed E-state index contributed by atoms with van der Waals surface area (Å²) in [6.07, 6.45) is 1.72. The van der Waals surface area contributed by atoms with Crippen LogP contribution in [0.15, 0.2) is 24.3 Å². The molecule has 0 aliphatic heterocycles. The van der Waals surface area contributed by atoms with Crippen LogP contribution in [0.3, 0.4) is 0 Å². The number of rotatable bonds is 3. The Kier molecular flexibility index (Phi) is 3.82. The van der Waals surface area contributed by atoms with E-state index >= 15 is 0 Å². The molecule has 2 atom stereocenters. The van der Waals surface area contributed by atoms with Gasteiger partial charge in [-0.3, -0.25) is 4.79 Å². The molecule has 1 saturated carbocycles. The summed E-state index contributed by atoms with van der Waals surface area (Å²) in [5.41, 5.74) is 0.739. The number of aliphatic carboxylic acids is 1. The van der Waals surface area contributed by atoms with Crippen molar-refractivity contribution < 1.29 is 9.90 Å². The molecule has 1 aliphatic carbocycles. The van der Waals surface area contributed by atoms with E-state index in [0.717, 1.165) is 0 Å². The number of hydrogen-bond acceptors (Lipinski definition) is 2. The monoisotopic (exact) mass is 309 g/mol. The lowest BCUT2D eigenvalue weighted by Gasteiger charge is -2.02. The average Bonchev–Trinajstić information content (AvgIpc) is 2.91. The van der Waals surface area contributed by atoms with Gasteiger partial charge in [0.2, 0.25) is 0 Å². The Labute approximate surface area is 127 Å². The molecule has 3 nitrogen and oxygen atoms in total. The van der Waals surface area contributed by atoms with Gasteiger partial charge in [-0.1, -0.05) is 49.2 Å². The molecule has 1 N–H and O–H groups in total. The highest BCUT2D eigenvalue weighted by molar-refractivity contribution is 6.42. The van der Waals surface area contributed by atoms with Crippen molar-refractivity contribution in [1.82, 2.24) is 0 Å². The van der Waals surface area contributed by atoms with Crippen LogP contribution in [-0.2, 0) is 4.79 Å². The van der Waals surface area contributed by atoms with Crippen molar-refractivity contribution in [1.29, 1.82) is 5.26 Å². The number of carboxylic acids is 1. The zero-order valence-electron chi connectivity index (χ0n) is 11.0. The molecule has 0 heterocycles. The van der Waals surface area contributed by atoms with Crippen LogP contribution in [-0.4, -0.2) is 11.1 Å². The normalized spacial score (nSPS) is 24.1. The highest BCUT2D eigenvalue weighted by Crippen LogP contribution is 2.59.